The van der Waals surface area contributed by atoms with Crippen molar-refractivity contribution in [2.24, 2.45) is 0 Å². The second-order valence-electron chi connectivity index (χ2n) is 25.5. The summed E-state index contributed by atoms with van der Waals surface area (Å²) in [6.07, 6.45) is 62.7. The second-order valence-corrected chi connectivity index (χ2v) is 25.5. The van der Waals surface area contributed by atoms with E-state index in [0.29, 0.717) is 17.8 Å². The Hall–Kier alpha value is -3.33. The first-order valence-electron chi connectivity index (χ1n) is 36.3. The van der Waals surface area contributed by atoms with Gasteiger partial charge in [-0.2, -0.15) is 0 Å². The van der Waals surface area contributed by atoms with Gasteiger partial charge in [-0.1, -0.05) is 363 Å². The van der Waals surface area contributed by atoms with Gasteiger partial charge < -0.3 is 29.7 Å². The van der Waals surface area contributed by atoms with Crippen molar-refractivity contribution in [2.75, 3.05) is 0 Å². The van der Waals surface area contributed by atoms with Crippen molar-refractivity contribution >= 4 is 36.1 Å². The maximum atomic E-state index is 10.4. The van der Waals surface area contributed by atoms with Gasteiger partial charge in [0.25, 0.3) is 0 Å². The van der Waals surface area contributed by atoms with E-state index in [9.17, 15) is 29.7 Å². The number of rotatable bonds is 57. The number of carbonyl (C=O) groups excluding carboxylic acids is 3. The number of hydrogen-bond acceptors (Lipinski definition) is 6. The number of carbonyl (C=O) groups is 3. The first-order valence-corrected chi connectivity index (χ1v) is 36.3. The first-order chi connectivity index (χ1) is 42.5. The van der Waals surface area contributed by atoms with Gasteiger partial charge in [-0.05, 0) is 128 Å². The van der Waals surface area contributed by atoms with Gasteiger partial charge in [0.1, 0.15) is 0 Å². The molecular formula is C81H129CeO6. The number of hydrogen-bond donors (Lipinski definition) is 0. The summed E-state index contributed by atoms with van der Waals surface area (Å²) in [7, 11) is 0. The molecule has 0 amide bonds. The molecule has 6 nitrogen and oxygen atoms in total. The van der Waals surface area contributed by atoms with Gasteiger partial charge in [0, 0.05) is 17.9 Å². The van der Waals surface area contributed by atoms with Crippen LogP contribution in [0.5, 0.6) is 0 Å². The number of carboxylic acids is 3. The molecule has 3 aromatic carbocycles. The molecule has 3 aromatic rings. The Kier molecular flexibility index (Phi) is 60.1. The molecule has 0 aliphatic rings. The maximum absolute atomic E-state index is 10.4. The van der Waals surface area contributed by atoms with Crippen molar-refractivity contribution < 1.29 is 71.5 Å². The molecule has 0 saturated heterocycles. The minimum Gasteiger partial charge on any atom is -0.550 e. The average Bonchev–Trinajstić information content (AvgIpc) is 3.60. The Balaban J connectivity index is 0.00000128. The van der Waals surface area contributed by atoms with Gasteiger partial charge in [-0.15, -0.1) is 0 Å². The molecule has 0 bridgehead atoms. The normalized spacial score (nSPS) is 11.9. The molecule has 0 aliphatic carbocycles. The quantitative estimate of drug-likeness (QED) is 0.0519. The SMILES string of the molecule is C=Cc1ccc(C(CCCCCCCCC)CCCCCCCCC(=O)[O-])cc1.C=Cc1ccc(C(CCCCCCCCC)CCCCCCCCC(=O)[O-])cc1.C=Cc1ccc(C(CCCCCCCCC)CCCCCCCCC(=O)[O-])cc1.[Ce+3]. The van der Waals surface area contributed by atoms with Crippen LogP contribution in [0.25, 0.3) is 18.2 Å². The third kappa shape index (κ3) is 50.3. The molecule has 88 heavy (non-hydrogen) atoms. The van der Waals surface area contributed by atoms with Gasteiger partial charge in [0.2, 0.25) is 0 Å². The number of benzene rings is 3. The average molecular weight is 1340 g/mol. The topological polar surface area (TPSA) is 120 Å². The van der Waals surface area contributed by atoms with Crippen LogP contribution in [0.4, 0.5) is 0 Å². The molecule has 0 saturated carbocycles. The molecule has 0 aromatic heterocycles. The van der Waals surface area contributed by atoms with E-state index in [0.717, 1.165) is 57.8 Å². The fourth-order valence-corrected chi connectivity index (χ4v) is 12.3. The minimum atomic E-state index is -0.916. The Labute approximate surface area is 575 Å². The van der Waals surface area contributed by atoms with E-state index in [1.54, 1.807) is 0 Å². The summed E-state index contributed by atoms with van der Waals surface area (Å²) in [5.41, 5.74) is 8.03. The van der Waals surface area contributed by atoms with Crippen LogP contribution in [0.1, 0.15) is 380 Å². The molecule has 0 spiro atoms. The maximum Gasteiger partial charge on any atom is 3.00 e. The van der Waals surface area contributed by atoms with Gasteiger partial charge >= 0.3 is 41.7 Å². The van der Waals surface area contributed by atoms with Crippen molar-refractivity contribution in [1.82, 2.24) is 0 Å². The van der Waals surface area contributed by atoms with Crippen molar-refractivity contribution in [2.45, 2.75) is 347 Å². The molecule has 493 valence electrons. The van der Waals surface area contributed by atoms with Crippen LogP contribution in [0, 0.1) is 41.7 Å². The first kappa shape index (κ1) is 84.7. The molecule has 3 rings (SSSR count). The van der Waals surface area contributed by atoms with Crippen molar-refractivity contribution in [1.29, 1.82) is 0 Å². The van der Waals surface area contributed by atoms with E-state index >= 15 is 0 Å². The van der Waals surface area contributed by atoms with Crippen LogP contribution < -0.4 is 15.3 Å². The largest absolute Gasteiger partial charge is 3.00 e. The molecular weight excluding hydrogens is 1210 g/mol. The molecule has 1 radical (unpaired) electrons. The summed E-state index contributed by atoms with van der Waals surface area (Å²) in [5.74, 6) is -0.741. The molecule has 3 atom stereocenters. The Morgan fingerprint density at radius 1 is 0.284 bits per heavy atom. The summed E-state index contributed by atoms with van der Waals surface area (Å²) >= 11 is 0. The molecule has 0 heterocycles. The third-order valence-electron chi connectivity index (χ3n) is 17.9. The summed E-state index contributed by atoms with van der Waals surface area (Å²) in [6.45, 7) is 18.4. The minimum absolute atomic E-state index is 0. The fraction of sp³-hybridized carbons (Fsp3) is 0.667. The van der Waals surface area contributed by atoms with E-state index in [1.165, 1.54) is 265 Å². The van der Waals surface area contributed by atoms with E-state index in [2.05, 4.69) is 113 Å². The monoisotopic (exact) mass is 1340 g/mol. The van der Waals surface area contributed by atoms with Gasteiger partial charge in [0.05, 0.1) is 0 Å². The van der Waals surface area contributed by atoms with Crippen LogP contribution in [0.15, 0.2) is 92.5 Å². The standard InChI is InChI=1S/3C27H44O2.Ce/c3*1-3-5-6-7-8-11-14-17-25(26-22-20-24(4-2)21-23-26)18-15-12-9-10-13-16-19-27(28)29;/h3*4,20-23,25H,2-3,5-19H2,1H3,(H,28,29);/q;;;+3/p-3. The van der Waals surface area contributed by atoms with E-state index in [4.69, 9.17) is 0 Å². The fourth-order valence-electron chi connectivity index (χ4n) is 12.3. The van der Waals surface area contributed by atoms with Crippen LogP contribution in [0.2, 0.25) is 0 Å². The Morgan fingerprint density at radius 3 is 0.602 bits per heavy atom. The summed E-state index contributed by atoms with van der Waals surface area (Å²) in [4.78, 5) is 31.3. The zero-order valence-electron chi connectivity index (χ0n) is 56.9. The molecule has 0 N–H and O–H groups in total. The van der Waals surface area contributed by atoms with Crippen molar-refractivity contribution in [3.63, 3.8) is 0 Å². The van der Waals surface area contributed by atoms with Gasteiger partial charge in [-0.25, -0.2) is 0 Å². The van der Waals surface area contributed by atoms with E-state index in [1.807, 2.05) is 18.2 Å². The molecule has 3 unspecified atom stereocenters. The van der Waals surface area contributed by atoms with E-state index < -0.39 is 17.9 Å². The van der Waals surface area contributed by atoms with Crippen molar-refractivity contribution in [3.8, 4) is 0 Å². The van der Waals surface area contributed by atoms with Gasteiger partial charge in [0.15, 0.2) is 0 Å². The predicted octanol–water partition coefficient (Wildman–Crippen LogP) is 22.3. The van der Waals surface area contributed by atoms with Gasteiger partial charge in [-0.3, -0.25) is 0 Å². The molecule has 0 aliphatic heterocycles. The van der Waals surface area contributed by atoms with Crippen LogP contribution in [-0.4, -0.2) is 17.9 Å². The number of unbranched alkanes of at least 4 members (excludes halogenated alkanes) is 33. The number of aliphatic carboxylic acids is 3. The molecule has 0 fully saturated rings. The predicted molar refractivity (Wildman–Crippen MR) is 371 cm³/mol. The summed E-state index contributed by atoms with van der Waals surface area (Å²) < 4.78 is 0. The zero-order chi connectivity index (χ0) is 63.5. The van der Waals surface area contributed by atoms with Crippen molar-refractivity contribution in [3.05, 3.63) is 126 Å². The van der Waals surface area contributed by atoms with Crippen LogP contribution >= 0.6 is 0 Å². The smallest absolute Gasteiger partial charge is 0.550 e. The zero-order valence-corrected chi connectivity index (χ0v) is 60.0. The van der Waals surface area contributed by atoms with E-state index in [-0.39, 0.29) is 61.0 Å². The number of carboxylic acid groups (broad SMARTS) is 3. The third-order valence-corrected chi connectivity index (χ3v) is 17.9. The second kappa shape index (κ2) is 62.5. The molecule has 7 heteroatoms. The van der Waals surface area contributed by atoms with Crippen LogP contribution in [-0.2, 0) is 14.4 Å². The Morgan fingerprint density at radius 2 is 0.443 bits per heavy atom. The Bertz CT molecular complexity index is 1840. The summed E-state index contributed by atoms with van der Waals surface area (Å²) in [5, 5.41) is 31.3. The summed E-state index contributed by atoms with van der Waals surface area (Å²) in [6, 6.07) is 26.9. The van der Waals surface area contributed by atoms with Crippen LogP contribution in [0.3, 0.4) is 0 Å².